The third kappa shape index (κ3) is 24.9. The van der Waals surface area contributed by atoms with Crippen LogP contribution in [0.15, 0.2) is 0 Å². The average molecular weight is 60.0 g/mol. The molecule has 0 spiro atoms. The van der Waals surface area contributed by atoms with Crippen molar-refractivity contribution in [1.29, 1.82) is 0 Å². The number of hydrogen-bond acceptors (Lipinski definition) is 0. The van der Waals surface area contributed by atoms with E-state index in [1.807, 2.05) is 0 Å². The molecule has 0 nitrogen and oxygen atoms in total. The van der Waals surface area contributed by atoms with Gasteiger partial charge in [0, 0.05) is 0 Å². The van der Waals surface area contributed by atoms with Crippen LogP contribution in [0, 0.1) is 0 Å². The quantitative estimate of drug-likeness (QED) is 0.351. The molecule has 0 aromatic carbocycles. The Morgan fingerprint density at radius 2 is 1.25 bits per heavy atom. The van der Waals surface area contributed by atoms with Gasteiger partial charge in [-0.05, 0) is 0 Å². The number of hydrogen-bond donors (Lipinski definition) is 0. The van der Waals surface area contributed by atoms with Gasteiger partial charge in [0.15, 0.2) is 0 Å². The monoisotopic (exact) mass is 60.0 g/mol. The Labute approximate surface area is 35.4 Å². The molecule has 0 unspecified atom stereocenters. The second-order valence-electron chi connectivity index (χ2n) is 0.101. The van der Waals surface area contributed by atoms with Gasteiger partial charge in [-0.2, -0.15) is 0 Å². The van der Waals surface area contributed by atoms with Crippen LogP contribution in [-0.2, 0) is 0 Å². The van der Waals surface area contributed by atoms with Crippen molar-refractivity contribution in [2.45, 2.75) is 0 Å². The van der Waals surface area contributed by atoms with Gasteiger partial charge in [-0.25, -0.2) is 8.78 Å². The summed E-state index contributed by atoms with van der Waals surface area (Å²) in [6.45, 7) is -1.75. The van der Waals surface area contributed by atoms with E-state index in [2.05, 4.69) is 0 Å². The van der Waals surface area contributed by atoms with Crippen LogP contribution in [-0.4, -0.2) is 25.8 Å². The minimum absolute atomic E-state index is 0. The van der Waals surface area contributed by atoms with Crippen molar-refractivity contribution in [3.05, 3.63) is 0 Å². The van der Waals surface area contributed by atoms with Crippen molar-refractivity contribution in [2.24, 2.45) is 0 Å². The molecule has 0 saturated carbocycles. The molecule has 0 heterocycles. The Hall–Kier alpha value is 0.457. The van der Waals surface area contributed by atoms with Crippen LogP contribution >= 0.6 is 0 Å². The van der Waals surface area contributed by atoms with Crippen LogP contribution < -0.4 is 0 Å². The summed E-state index contributed by atoms with van der Waals surface area (Å²) in [5.41, 5.74) is 0. The summed E-state index contributed by atoms with van der Waals surface area (Å²) in [7, 11) is 0. The predicted octanol–water partition coefficient (Wildman–Crippen LogP) is 0.234. The molecule has 0 aliphatic rings. The standard InChI is InChI=1S/CH2F2.Li.H/c2-1-3;;/h1H2;;. The van der Waals surface area contributed by atoms with E-state index in [4.69, 9.17) is 0 Å². The van der Waals surface area contributed by atoms with E-state index >= 15 is 0 Å². The molecule has 22 valence electrons. The average Bonchev–Trinajstić information content (AvgIpc) is 0.918. The predicted molar refractivity (Wildman–Crippen MR) is 14.2 cm³/mol. The molecule has 0 aliphatic carbocycles. The van der Waals surface area contributed by atoms with E-state index in [9.17, 15) is 8.78 Å². The van der Waals surface area contributed by atoms with Gasteiger partial charge in [-0.1, -0.05) is 0 Å². The molecule has 0 fully saturated rings. The third-order valence-electron chi connectivity index (χ3n) is 0. The van der Waals surface area contributed by atoms with Gasteiger partial charge < -0.3 is 0 Å². The third-order valence-corrected chi connectivity index (χ3v) is 0. The van der Waals surface area contributed by atoms with Crippen LogP contribution in [0.25, 0.3) is 0 Å². The Kier molecular flexibility index (Phi) is 21.7. The van der Waals surface area contributed by atoms with Crippen molar-refractivity contribution in [3.63, 3.8) is 0 Å². The molecule has 0 radical (unpaired) electrons. The molecule has 4 heavy (non-hydrogen) atoms. The fraction of sp³-hybridized carbons (Fsp3) is 1.00. The van der Waals surface area contributed by atoms with E-state index < -0.39 is 6.93 Å². The maximum absolute atomic E-state index is 9.62. The summed E-state index contributed by atoms with van der Waals surface area (Å²) in [4.78, 5) is 0. The summed E-state index contributed by atoms with van der Waals surface area (Å²) in [6.07, 6.45) is 0. The normalized spacial score (nSPS) is 4.50. The van der Waals surface area contributed by atoms with Crippen molar-refractivity contribution >= 4 is 18.9 Å². The van der Waals surface area contributed by atoms with E-state index in [1.54, 1.807) is 0 Å². The fourth-order valence-corrected chi connectivity index (χ4v) is 0. The van der Waals surface area contributed by atoms with Crippen LogP contribution in [0.4, 0.5) is 8.78 Å². The first kappa shape index (κ1) is 8.82. The van der Waals surface area contributed by atoms with Crippen LogP contribution in [0.2, 0.25) is 0 Å². The molecule has 0 atom stereocenters. The number of halogens is 2. The van der Waals surface area contributed by atoms with Crippen molar-refractivity contribution in [2.75, 3.05) is 6.93 Å². The van der Waals surface area contributed by atoms with Crippen LogP contribution in [0.5, 0.6) is 0 Å². The molecule has 0 aromatic heterocycles. The first-order valence-electron chi connectivity index (χ1n) is 0.535. The molecule has 0 rings (SSSR count). The van der Waals surface area contributed by atoms with Crippen molar-refractivity contribution in [3.8, 4) is 0 Å². The molecule has 0 aliphatic heterocycles. The first-order valence-corrected chi connectivity index (χ1v) is 0.535. The Balaban J connectivity index is 0. The zero-order chi connectivity index (χ0) is 2.71. The second kappa shape index (κ2) is 9.83. The van der Waals surface area contributed by atoms with Gasteiger partial charge >= 0.3 is 18.9 Å². The molecule has 3 heteroatoms. The molecule has 0 amide bonds. The van der Waals surface area contributed by atoms with Gasteiger partial charge in [0.1, 0.15) is 0 Å². The topological polar surface area (TPSA) is 0 Å². The summed E-state index contributed by atoms with van der Waals surface area (Å²) >= 11 is 0. The zero-order valence-electron chi connectivity index (χ0n) is 1.46. The summed E-state index contributed by atoms with van der Waals surface area (Å²) in [5, 5.41) is 0. The van der Waals surface area contributed by atoms with Crippen molar-refractivity contribution in [1.82, 2.24) is 0 Å². The van der Waals surface area contributed by atoms with E-state index in [1.165, 1.54) is 0 Å². The van der Waals surface area contributed by atoms with E-state index in [0.717, 1.165) is 0 Å². The van der Waals surface area contributed by atoms with Gasteiger partial charge in [0.25, 0.3) is 0 Å². The Morgan fingerprint density at radius 3 is 1.25 bits per heavy atom. The molecule has 0 bridgehead atoms. The van der Waals surface area contributed by atoms with Crippen molar-refractivity contribution < 1.29 is 8.78 Å². The van der Waals surface area contributed by atoms with Gasteiger partial charge in [-0.15, -0.1) is 0 Å². The Bertz CT molecular complexity index is 6.00. The molecular weight excluding hydrogens is 56.9 g/mol. The fourth-order valence-electron chi connectivity index (χ4n) is 0. The number of rotatable bonds is 0. The zero-order valence-corrected chi connectivity index (χ0v) is 1.46. The van der Waals surface area contributed by atoms with Gasteiger partial charge in [0.05, 0.1) is 0 Å². The maximum atomic E-state index is 9.62. The van der Waals surface area contributed by atoms with Crippen LogP contribution in [0.1, 0.15) is 0 Å². The van der Waals surface area contributed by atoms with E-state index in [-0.39, 0.29) is 18.9 Å². The minimum atomic E-state index is -1.75. The molecule has 0 saturated heterocycles. The summed E-state index contributed by atoms with van der Waals surface area (Å²) < 4.78 is 19.2. The van der Waals surface area contributed by atoms with Crippen LogP contribution in [0.3, 0.4) is 0 Å². The van der Waals surface area contributed by atoms with Gasteiger partial charge in [-0.3, -0.25) is 0 Å². The second-order valence-corrected chi connectivity index (χ2v) is 0.101. The van der Waals surface area contributed by atoms with Gasteiger partial charge in [0.2, 0.25) is 6.93 Å². The molecule has 0 N–H and O–H groups in total. The summed E-state index contributed by atoms with van der Waals surface area (Å²) in [6, 6.07) is 0. The first-order chi connectivity index (χ1) is 1.41. The summed E-state index contributed by atoms with van der Waals surface area (Å²) in [5.74, 6) is 0. The number of alkyl halides is 2. The SMILES string of the molecule is FCF.[LiH]. The molecular formula is CH3F2Li. The van der Waals surface area contributed by atoms with E-state index in [0.29, 0.717) is 0 Å². The Morgan fingerprint density at radius 1 is 1.25 bits per heavy atom. The molecule has 0 aromatic rings.